The smallest absolute Gasteiger partial charge is 0.266 e. The van der Waals surface area contributed by atoms with E-state index in [-0.39, 0.29) is 17.0 Å². The van der Waals surface area contributed by atoms with Gasteiger partial charge < -0.3 is 19.4 Å². The number of likely N-dealkylation sites (tertiary alicyclic amines) is 1. The van der Waals surface area contributed by atoms with Crippen molar-refractivity contribution in [2.45, 2.75) is 18.9 Å². The van der Waals surface area contributed by atoms with Gasteiger partial charge in [-0.2, -0.15) is 0 Å². The summed E-state index contributed by atoms with van der Waals surface area (Å²) in [7, 11) is 1.51. The summed E-state index contributed by atoms with van der Waals surface area (Å²) in [5.41, 5.74) is -0.0781. The van der Waals surface area contributed by atoms with Gasteiger partial charge in [0.15, 0.2) is 0 Å². The molecule has 1 amide bonds. The number of methoxy groups -OCH3 is 1. The predicted molar refractivity (Wildman–Crippen MR) is 90.2 cm³/mol. The van der Waals surface area contributed by atoms with Gasteiger partial charge in [0, 0.05) is 24.9 Å². The van der Waals surface area contributed by atoms with Crippen LogP contribution in [0.3, 0.4) is 0 Å². The molecule has 0 radical (unpaired) electrons. The molecule has 1 aliphatic rings. The molecule has 1 N–H and O–H groups in total. The highest BCUT2D eigenvalue weighted by atomic mass is 35.5. The standard InChI is InChI=1S/C16H17ClN4O4/c1-24-13-4-5-14(20-19-13)25-11-3-2-6-21(9-11)16(23)10-7-12(17)15(22)18-8-10/h4-5,7-8,11H,2-3,6,9H2,1H3,(H,18,22). The molecule has 0 spiro atoms. The zero-order valence-electron chi connectivity index (χ0n) is 13.6. The number of rotatable bonds is 4. The first-order chi connectivity index (χ1) is 12.1. The van der Waals surface area contributed by atoms with E-state index >= 15 is 0 Å². The first-order valence-corrected chi connectivity index (χ1v) is 8.16. The van der Waals surface area contributed by atoms with Crippen molar-refractivity contribution in [1.29, 1.82) is 0 Å². The normalized spacial score (nSPS) is 17.2. The van der Waals surface area contributed by atoms with Gasteiger partial charge in [0.1, 0.15) is 11.1 Å². The number of pyridine rings is 1. The summed E-state index contributed by atoms with van der Waals surface area (Å²) in [5, 5.41) is 7.78. The lowest BCUT2D eigenvalue weighted by atomic mass is 10.1. The number of carbonyl (C=O) groups excluding carboxylic acids is 1. The Hall–Kier alpha value is -2.61. The molecular weight excluding hydrogens is 348 g/mol. The first-order valence-electron chi connectivity index (χ1n) is 7.78. The summed E-state index contributed by atoms with van der Waals surface area (Å²) >= 11 is 5.79. The maximum absolute atomic E-state index is 12.6. The fraction of sp³-hybridized carbons (Fsp3) is 0.375. The first kappa shape index (κ1) is 17.2. The summed E-state index contributed by atoms with van der Waals surface area (Å²) in [6.07, 6.45) is 2.80. The molecule has 0 aromatic carbocycles. The van der Waals surface area contributed by atoms with Crippen molar-refractivity contribution in [2.24, 2.45) is 0 Å². The summed E-state index contributed by atoms with van der Waals surface area (Å²) < 4.78 is 10.8. The lowest BCUT2D eigenvalue weighted by Crippen LogP contribution is -2.44. The highest BCUT2D eigenvalue weighted by Crippen LogP contribution is 2.19. The molecular formula is C16H17ClN4O4. The number of H-pyrrole nitrogens is 1. The van der Waals surface area contributed by atoms with Gasteiger partial charge in [0.25, 0.3) is 11.5 Å². The van der Waals surface area contributed by atoms with Crippen LogP contribution >= 0.6 is 11.6 Å². The predicted octanol–water partition coefficient (Wildman–Crippen LogP) is 1.51. The Labute approximate surface area is 148 Å². The van der Waals surface area contributed by atoms with Crippen molar-refractivity contribution < 1.29 is 14.3 Å². The van der Waals surface area contributed by atoms with Crippen LogP contribution in [0, 0.1) is 0 Å². The zero-order chi connectivity index (χ0) is 17.8. The lowest BCUT2D eigenvalue weighted by molar-refractivity contribution is 0.0524. The number of halogens is 1. The summed E-state index contributed by atoms with van der Waals surface area (Å²) in [6.45, 7) is 1.03. The van der Waals surface area contributed by atoms with E-state index in [9.17, 15) is 9.59 Å². The Morgan fingerprint density at radius 2 is 2.12 bits per heavy atom. The fourth-order valence-electron chi connectivity index (χ4n) is 2.63. The Kier molecular flexibility index (Phi) is 5.18. The third kappa shape index (κ3) is 4.08. The third-order valence-corrected chi connectivity index (χ3v) is 4.16. The molecule has 2 aromatic rings. The largest absolute Gasteiger partial charge is 0.480 e. The number of hydrogen-bond donors (Lipinski definition) is 1. The van der Waals surface area contributed by atoms with Crippen LogP contribution in [0.4, 0.5) is 0 Å². The lowest BCUT2D eigenvalue weighted by Gasteiger charge is -2.32. The van der Waals surface area contributed by atoms with Crippen LogP contribution in [-0.2, 0) is 0 Å². The van der Waals surface area contributed by atoms with Crippen LogP contribution < -0.4 is 15.0 Å². The van der Waals surface area contributed by atoms with Crippen LogP contribution in [0.15, 0.2) is 29.2 Å². The SMILES string of the molecule is COc1ccc(OC2CCCN(C(=O)c3c[nH]c(=O)c(Cl)c3)C2)nn1. The van der Waals surface area contributed by atoms with Crippen LogP contribution in [0.25, 0.3) is 0 Å². The van der Waals surface area contributed by atoms with E-state index < -0.39 is 5.56 Å². The van der Waals surface area contributed by atoms with Crippen molar-refractivity contribution in [2.75, 3.05) is 20.2 Å². The van der Waals surface area contributed by atoms with Gasteiger partial charge in [-0.25, -0.2) is 0 Å². The van der Waals surface area contributed by atoms with Crippen molar-refractivity contribution in [3.05, 3.63) is 45.3 Å². The molecule has 1 unspecified atom stereocenters. The van der Waals surface area contributed by atoms with Crippen LogP contribution in [-0.4, -0.2) is 52.3 Å². The second-order valence-electron chi connectivity index (χ2n) is 5.61. The number of aromatic nitrogens is 3. The van der Waals surface area contributed by atoms with E-state index in [4.69, 9.17) is 21.1 Å². The van der Waals surface area contributed by atoms with Crippen LogP contribution in [0.1, 0.15) is 23.2 Å². The van der Waals surface area contributed by atoms with Gasteiger partial charge in [-0.15, -0.1) is 10.2 Å². The van der Waals surface area contributed by atoms with E-state index in [1.54, 1.807) is 17.0 Å². The highest BCUT2D eigenvalue weighted by Gasteiger charge is 2.26. The van der Waals surface area contributed by atoms with Gasteiger partial charge in [-0.1, -0.05) is 11.6 Å². The second-order valence-corrected chi connectivity index (χ2v) is 6.02. The molecule has 0 saturated carbocycles. The third-order valence-electron chi connectivity index (χ3n) is 3.88. The van der Waals surface area contributed by atoms with E-state index in [0.29, 0.717) is 30.4 Å². The summed E-state index contributed by atoms with van der Waals surface area (Å²) in [5.74, 6) is 0.585. The number of aromatic amines is 1. The van der Waals surface area contributed by atoms with E-state index in [1.165, 1.54) is 19.4 Å². The molecule has 25 heavy (non-hydrogen) atoms. The average molecular weight is 365 g/mol. The average Bonchev–Trinajstić information content (AvgIpc) is 2.64. The topological polar surface area (TPSA) is 97.4 Å². The minimum Gasteiger partial charge on any atom is -0.480 e. The molecule has 1 fully saturated rings. The molecule has 8 nitrogen and oxygen atoms in total. The Morgan fingerprint density at radius 3 is 2.80 bits per heavy atom. The number of piperidine rings is 1. The molecule has 0 aliphatic carbocycles. The van der Waals surface area contributed by atoms with Gasteiger partial charge in [-0.3, -0.25) is 9.59 Å². The van der Waals surface area contributed by atoms with Crippen molar-refractivity contribution >= 4 is 17.5 Å². The van der Waals surface area contributed by atoms with Crippen molar-refractivity contribution in [3.8, 4) is 11.8 Å². The van der Waals surface area contributed by atoms with E-state index in [2.05, 4.69) is 15.2 Å². The van der Waals surface area contributed by atoms with Gasteiger partial charge >= 0.3 is 0 Å². The Bertz CT molecular complexity index is 809. The van der Waals surface area contributed by atoms with Crippen molar-refractivity contribution in [1.82, 2.24) is 20.1 Å². The molecule has 1 aliphatic heterocycles. The fourth-order valence-corrected chi connectivity index (χ4v) is 2.80. The number of ether oxygens (including phenoxy) is 2. The molecule has 3 rings (SSSR count). The molecule has 9 heteroatoms. The van der Waals surface area contributed by atoms with Crippen LogP contribution in [0.5, 0.6) is 11.8 Å². The maximum atomic E-state index is 12.6. The monoisotopic (exact) mass is 364 g/mol. The molecule has 132 valence electrons. The highest BCUT2D eigenvalue weighted by molar-refractivity contribution is 6.30. The quantitative estimate of drug-likeness (QED) is 0.883. The number of carbonyl (C=O) groups is 1. The van der Waals surface area contributed by atoms with Gasteiger partial charge in [-0.05, 0) is 18.9 Å². The van der Waals surface area contributed by atoms with Gasteiger partial charge in [0.2, 0.25) is 11.8 Å². The minimum absolute atomic E-state index is 0.0100. The maximum Gasteiger partial charge on any atom is 0.266 e. The van der Waals surface area contributed by atoms with Crippen molar-refractivity contribution in [3.63, 3.8) is 0 Å². The summed E-state index contributed by atoms with van der Waals surface area (Å²) in [4.78, 5) is 28.0. The van der Waals surface area contributed by atoms with E-state index in [1.807, 2.05) is 0 Å². The number of nitrogens with zero attached hydrogens (tertiary/aromatic N) is 3. The molecule has 2 aromatic heterocycles. The Morgan fingerprint density at radius 1 is 1.36 bits per heavy atom. The van der Waals surface area contributed by atoms with Gasteiger partial charge in [0.05, 0.1) is 19.2 Å². The summed E-state index contributed by atoms with van der Waals surface area (Å²) in [6, 6.07) is 4.72. The Balaban J connectivity index is 1.66. The molecule has 3 heterocycles. The second kappa shape index (κ2) is 7.52. The number of nitrogens with one attached hydrogen (secondary N) is 1. The number of amides is 1. The molecule has 0 bridgehead atoms. The van der Waals surface area contributed by atoms with Crippen LogP contribution in [0.2, 0.25) is 5.02 Å². The number of hydrogen-bond acceptors (Lipinski definition) is 6. The molecule has 1 atom stereocenters. The zero-order valence-corrected chi connectivity index (χ0v) is 14.3. The minimum atomic E-state index is -0.420. The molecule has 1 saturated heterocycles. The van der Waals surface area contributed by atoms with E-state index in [0.717, 1.165) is 12.8 Å².